The molecular weight excluding hydrogens is 344 g/mol. The highest BCUT2D eigenvalue weighted by Gasteiger charge is 2.34. The molecule has 3 rings (SSSR count). The molecule has 0 aromatic carbocycles. The number of thioether (sulfide) groups is 1. The van der Waals surface area contributed by atoms with E-state index in [1.165, 1.54) is 18.7 Å². The highest BCUT2D eigenvalue weighted by atomic mass is 79.9. The van der Waals surface area contributed by atoms with Gasteiger partial charge >= 0.3 is 0 Å². The first-order valence-corrected chi connectivity index (χ1v) is 7.70. The van der Waals surface area contributed by atoms with E-state index in [0.29, 0.717) is 24.6 Å². The van der Waals surface area contributed by atoms with Crippen molar-refractivity contribution in [3.63, 3.8) is 0 Å². The molecule has 1 aliphatic rings. The lowest BCUT2D eigenvalue weighted by Crippen LogP contribution is -2.26. The largest absolute Gasteiger partial charge is 0.288 e. The fourth-order valence-electron chi connectivity index (χ4n) is 2.14. The van der Waals surface area contributed by atoms with Gasteiger partial charge < -0.3 is 0 Å². The van der Waals surface area contributed by atoms with Crippen molar-refractivity contribution < 1.29 is 9.59 Å². The second-order valence-corrected chi connectivity index (χ2v) is 6.89. The number of aromatic nitrogens is 3. The molecule has 2 aromatic rings. The van der Waals surface area contributed by atoms with Crippen molar-refractivity contribution >= 4 is 50.3 Å². The molecule has 104 valence electrons. The molecule has 0 saturated carbocycles. The van der Waals surface area contributed by atoms with Gasteiger partial charge in [0, 0.05) is 35.8 Å². The Hall–Kier alpha value is -1.41. The third-order valence-corrected chi connectivity index (χ3v) is 4.43. The molecule has 1 amide bonds. The molecule has 1 saturated heterocycles. The van der Waals surface area contributed by atoms with E-state index in [2.05, 4.69) is 26.0 Å². The number of hydrogen-bond donors (Lipinski definition) is 0. The van der Waals surface area contributed by atoms with Crippen LogP contribution in [0.1, 0.15) is 13.3 Å². The van der Waals surface area contributed by atoms with Gasteiger partial charge in [-0.05, 0) is 12.1 Å². The number of fused-ring (bicyclic) bond motifs is 1. The van der Waals surface area contributed by atoms with Crippen LogP contribution in [0.4, 0.5) is 5.95 Å². The van der Waals surface area contributed by atoms with Crippen molar-refractivity contribution in [3.05, 3.63) is 22.8 Å². The van der Waals surface area contributed by atoms with E-state index in [1.54, 1.807) is 15.6 Å². The van der Waals surface area contributed by atoms with E-state index in [4.69, 9.17) is 0 Å². The van der Waals surface area contributed by atoms with Crippen LogP contribution < -0.4 is 4.90 Å². The van der Waals surface area contributed by atoms with Crippen LogP contribution in [0.15, 0.2) is 22.8 Å². The number of carbonyl (C=O) groups excluding carboxylic acids is 2. The van der Waals surface area contributed by atoms with Crippen LogP contribution in [0.3, 0.4) is 0 Å². The summed E-state index contributed by atoms with van der Waals surface area (Å²) in [7, 11) is 0. The van der Waals surface area contributed by atoms with Crippen molar-refractivity contribution in [2.45, 2.75) is 18.6 Å². The van der Waals surface area contributed by atoms with Crippen molar-refractivity contribution in [2.75, 3.05) is 11.4 Å². The predicted octanol–water partition coefficient (Wildman–Crippen LogP) is 1.88. The van der Waals surface area contributed by atoms with Crippen molar-refractivity contribution in [3.8, 4) is 0 Å². The number of amides is 1. The number of nitrogens with zero attached hydrogens (tertiary/aromatic N) is 4. The molecule has 0 aliphatic carbocycles. The Kier molecular flexibility index (Phi) is 3.51. The van der Waals surface area contributed by atoms with Crippen molar-refractivity contribution in [1.82, 2.24) is 14.6 Å². The molecule has 8 heteroatoms. The van der Waals surface area contributed by atoms with E-state index in [-0.39, 0.29) is 16.3 Å². The van der Waals surface area contributed by atoms with E-state index in [1.807, 2.05) is 12.1 Å². The zero-order valence-electron chi connectivity index (χ0n) is 10.6. The normalized spacial score (nSPS) is 19.0. The SMILES string of the molecule is CC(=O)SC1CC(=O)N(c2nc3cc(Br)ccn3n2)C1. The Bertz CT molecular complexity index is 702. The van der Waals surface area contributed by atoms with Crippen LogP contribution in [0.25, 0.3) is 5.65 Å². The summed E-state index contributed by atoms with van der Waals surface area (Å²) in [5, 5.41) is 4.30. The number of halogens is 1. The molecule has 0 radical (unpaired) electrons. The first-order valence-electron chi connectivity index (χ1n) is 6.02. The summed E-state index contributed by atoms with van der Waals surface area (Å²) < 4.78 is 2.53. The van der Waals surface area contributed by atoms with Gasteiger partial charge in [-0.3, -0.25) is 14.5 Å². The van der Waals surface area contributed by atoms with Gasteiger partial charge in [-0.1, -0.05) is 27.7 Å². The van der Waals surface area contributed by atoms with Crippen LogP contribution in [0.5, 0.6) is 0 Å². The average Bonchev–Trinajstić information content (AvgIpc) is 2.91. The van der Waals surface area contributed by atoms with Gasteiger partial charge in [-0.2, -0.15) is 4.98 Å². The van der Waals surface area contributed by atoms with E-state index >= 15 is 0 Å². The van der Waals surface area contributed by atoms with Crippen LogP contribution in [-0.4, -0.2) is 37.4 Å². The number of carbonyl (C=O) groups is 2. The molecule has 20 heavy (non-hydrogen) atoms. The molecule has 3 heterocycles. The molecule has 1 atom stereocenters. The first kappa shape index (κ1) is 13.6. The molecule has 0 spiro atoms. The fraction of sp³-hybridized carbons (Fsp3) is 0.333. The minimum absolute atomic E-state index is 0.0154. The van der Waals surface area contributed by atoms with Gasteiger partial charge in [0.05, 0.1) is 0 Å². The van der Waals surface area contributed by atoms with Gasteiger partial charge in [-0.15, -0.1) is 5.10 Å². The maximum absolute atomic E-state index is 12.0. The molecule has 2 aromatic heterocycles. The Labute approximate surface area is 127 Å². The molecule has 0 bridgehead atoms. The summed E-state index contributed by atoms with van der Waals surface area (Å²) in [5.41, 5.74) is 0.671. The highest BCUT2D eigenvalue weighted by Crippen LogP contribution is 2.27. The topological polar surface area (TPSA) is 67.6 Å². The van der Waals surface area contributed by atoms with Crippen LogP contribution >= 0.6 is 27.7 Å². The zero-order valence-corrected chi connectivity index (χ0v) is 13.0. The standard InChI is InChI=1S/C12H11BrN4O2S/c1-7(18)20-9-5-11(19)16(6-9)12-14-10-4-8(13)2-3-17(10)15-12/h2-4,9H,5-6H2,1H3. The number of pyridine rings is 1. The summed E-state index contributed by atoms with van der Waals surface area (Å²) in [6, 6.07) is 3.69. The summed E-state index contributed by atoms with van der Waals surface area (Å²) in [5.74, 6) is 0.346. The number of rotatable bonds is 2. The quantitative estimate of drug-likeness (QED) is 0.823. The monoisotopic (exact) mass is 354 g/mol. The lowest BCUT2D eigenvalue weighted by Gasteiger charge is -2.10. The molecule has 0 N–H and O–H groups in total. The lowest BCUT2D eigenvalue weighted by atomic mass is 10.4. The second kappa shape index (κ2) is 5.17. The fourth-order valence-corrected chi connectivity index (χ4v) is 3.38. The Balaban J connectivity index is 1.87. The second-order valence-electron chi connectivity index (χ2n) is 4.50. The van der Waals surface area contributed by atoms with Crippen LogP contribution in [0.2, 0.25) is 0 Å². The Morgan fingerprint density at radius 1 is 1.55 bits per heavy atom. The van der Waals surface area contributed by atoms with Crippen LogP contribution in [-0.2, 0) is 9.59 Å². The molecule has 1 unspecified atom stereocenters. The zero-order chi connectivity index (χ0) is 14.3. The van der Waals surface area contributed by atoms with E-state index < -0.39 is 0 Å². The summed E-state index contributed by atoms with van der Waals surface area (Å²) in [6.07, 6.45) is 2.13. The smallest absolute Gasteiger partial charge is 0.252 e. The molecule has 1 aliphatic heterocycles. The maximum atomic E-state index is 12.0. The first-order chi connectivity index (χ1) is 9.52. The molecule has 1 fully saturated rings. The molecular formula is C12H11BrN4O2S. The predicted molar refractivity (Wildman–Crippen MR) is 79.7 cm³/mol. The van der Waals surface area contributed by atoms with Crippen molar-refractivity contribution in [1.29, 1.82) is 0 Å². The number of hydrogen-bond acceptors (Lipinski definition) is 5. The van der Waals surface area contributed by atoms with Gasteiger partial charge in [0.1, 0.15) is 0 Å². The average molecular weight is 355 g/mol. The van der Waals surface area contributed by atoms with Gasteiger partial charge in [0.25, 0.3) is 5.95 Å². The minimum atomic E-state index is -0.0429. The molecule has 6 nitrogen and oxygen atoms in total. The van der Waals surface area contributed by atoms with Gasteiger partial charge in [-0.25, -0.2) is 4.52 Å². The summed E-state index contributed by atoms with van der Waals surface area (Å²) in [6.45, 7) is 1.99. The summed E-state index contributed by atoms with van der Waals surface area (Å²) in [4.78, 5) is 29.0. The van der Waals surface area contributed by atoms with E-state index in [9.17, 15) is 9.59 Å². The minimum Gasteiger partial charge on any atom is -0.288 e. The van der Waals surface area contributed by atoms with Gasteiger partial charge in [0.2, 0.25) is 5.91 Å². The Morgan fingerprint density at radius 2 is 2.35 bits per heavy atom. The van der Waals surface area contributed by atoms with Crippen LogP contribution in [0, 0.1) is 0 Å². The van der Waals surface area contributed by atoms with Gasteiger partial charge in [0.15, 0.2) is 10.8 Å². The Morgan fingerprint density at radius 3 is 3.10 bits per heavy atom. The number of anilines is 1. The van der Waals surface area contributed by atoms with E-state index in [0.717, 1.165) is 4.47 Å². The lowest BCUT2D eigenvalue weighted by molar-refractivity contribution is -0.117. The third-order valence-electron chi connectivity index (χ3n) is 2.95. The summed E-state index contributed by atoms with van der Waals surface area (Å²) >= 11 is 4.57. The van der Waals surface area contributed by atoms with Crippen molar-refractivity contribution in [2.24, 2.45) is 0 Å². The highest BCUT2D eigenvalue weighted by molar-refractivity contribution is 9.10. The maximum Gasteiger partial charge on any atom is 0.252 e. The third kappa shape index (κ3) is 2.57.